The summed E-state index contributed by atoms with van der Waals surface area (Å²) in [5, 5.41) is 6.31. The van der Waals surface area contributed by atoms with E-state index in [1.54, 1.807) is 6.92 Å². The smallest absolute Gasteiger partial charge is 0.260 e. The van der Waals surface area contributed by atoms with Gasteiger partial charge in [-0.15, -0.1) is 12.4 Å². The van der Waals surface area contributed by atoms with Crippen LogP contribution in [0.3, 0.4) is 0 Å². The second-order valence-corrected chi connectivity index (χ2v) is 5.03. The molecule has 5 heteroatoms. The van der Waals surface area contributed by atoms with Crippen LogP contribution in [0.1, 0.15) is 19.8 Å². The molecule has 1 aromatic carbocycles. The Kier molecular flexibility index (Phi) is 7.41. The van der Waals surface area contributed by atoms with E-state index in [-0.39, 0.29) is 18.3 Å². The maximum Gasteiger partial charge on any atom is 0.260 e. The third-order valence-corrected chi connectivity index (χ3v) is 3.39. The zero-order valence-corrected chi connectivity index (χ0v) is 12.6. The molecule has 4 nitrogen and oxygen atoms in total. The molecule has 0 bridgehead atoms. The Hall–Kier alpha value is -1.26. The summed E-state index contributed by atoms with van der Waals surface area (Å²) >= 11 is 0. The number of benzene rings is 1. The maximum absolute atomic E-state index is 11.9. The number of amides is 1. The first kappa shape index (κ1) is 16.8. The number of carbonyl (C=O) groups excluding carboxylic acids is 1. The Balaban J connectivity index is 0.00000200. The van der Waals surface area contributed by atoms with E-state index in [1.807, 2.05) is 30.3 Å². The summed E-state index contributed by atoms with van der Waals surface area (Å²) < 4.78 is 5.59. The van der Waals surface area contributed by atoms with Crippen molar-refractivity contribution in [2.45, 2.75) is 25.9 Å². The molecule has 1 aliphatic heterocycles. The van der Waals surface area contributed by atoms with Gasteiger partial charge in [-0.2, -0.15) is 0 Å². The third-order valence-electron chi connectivity index (χ3n) is 3.39. The summed E-state index contributed by atoms with van der Waals surface area (Å²) in [5.74, 6) is 1.22. The van der Waals surface area contributed by atoms with Crippen LogP contribution in [0, 0.1) is 5.92 Å². The minimum absolute atomic E-state index is 0. The van der Waals surface area contributed by atoms with Crippen molar-refractivity contribution >= 4 is 18.3 Å². The van der Waals surface area contributed by atoms with E-state index in [2.05, 4.69) is 10.6 Å². The molecule has 2 unspecified atom stereocenters. The molecule has 2 N–H and O–H groups in total. The highest BCUT2D eigenvalue weighted by Crippen LogP contribution is 2.11. The summed E-state index contributed by atoms with van der Waals surface area (Å²) in [5.41, 5.74) is 0. The average molecular weight is 299 g/mol. The van der Waals surface area contributed by atoms with Crippen molar-refractivity contribution in [2.75, 3.05) is 19.6 Å². The second kappa shape index (κ2) is 8.82. The minimum Gasteiger partial charge on any atom is -0.481 e. The predicted octanol–water partition coefficient (Wildman–Crippen LogP) is 1.99. The number of rotatable bonds is 5. The van der Waals surface area contributed by atoms with E-state index in [9.17, 15) is 4.79 Å². The van der Waals surface area contributed by atoms with Gasteiger partial charge in [0.2, 0.25) is 0 Å². The van der Waals surface area contributed by atoms with E-state index in [4.69, 9.17) is 4.74 Å². The monoisotopic (exact) mass is 298 g/mol. The average Bonchev–Trinajstić information content (AvgIpc) is 2.47. The molecule has 0 aromatic heterocycles. The number of piperidine rings is 1. The second-order valence-electron chi connectivity index (χ2n) is 5.03. The molecular formula is C15H23ClN2O2. The van der Waals surface area contributed by atoms with Gasteiger partial charge < -0.3 is 15.4 Å². The van der Waals surface area contributed by atoms with Gasteiger partial charge in [0.25, 0.3) is 5.91 Å². The van der Waals surface area contributed by atoms with E-state index < -0.39 is 6.10 Å². The van der Waals surface area contributed by atoms with Crippen LogP contribution in [-0.4, -0.2) is 31.6 Å². The molecule has 0 spiro atoms. The van der Waals surface area contributed by atoms with Gasteiger partial charge in [0.1, 0.15) is 5.75 Å². The standard InChI is InChI=1S/C15H22N2O2.ClH/c1-12(19-14-7-3-2-4-8-14)15(18)17-11-13-6-5-9-16-10-13;/h2-4,7-8,12-13,16H,5-6,9-11H2,1H3,(H,17,18);1H. The molecule has 0 aliphatic carbocycles. The molecule has 1 saturated heterocycles. The first-order valence-electron chi connectivity index (χ1n) is 6.96. The van der Waals surface area contributed by atoms with Crippen LogP contribution in [0.4, 0.5) is 0 Å². The van der Waals surface area contributed by atoms with Crippen LogP contribution in [0.2, 0.25) is 0 Å². The van der Waals surface area contributed by atoms with Gasteiger partial charge in [-0.1, -0.05) is 18.2 Å². The molecule has 1 aliphatic rings. The van der Waals surface area contributed by atoms with Crippen molar-refractivity contribution in [1.29, 1.82) is 0 Å². The normalized spacial score (nSPS) is 19.6. The van der Waals surface area contributed by atoms with Gasteiger partial charge in [0, 0.05) is 6.54 Å². The molecule has 1 aromatic rings. The Labute approximate surface area is 126 Å². The van der Waals surface area contributed by atoms with Crippen LogP contribution in [0.25, 0.3) is 0 Å². The largest absolute Gasteiger partial charge is 0.481 e. The Morgan fingerprint density at radius 1 is 1.45 bits per heavy atom. The molecule has 0 radical (unpaired) electrons. The molecular weight excluding hydrogens is 276 g/mol. The van der Waals surface area contributed by atoms with E-state index in [0.29, 0.717) is 5.92 Å². The van der Waals surface area contributed by atoms with Gasteiger partial charge in [-0.3, -0.25) is 4.79 Å². The molecule has 1 amide bonds. The predicted molar refractivity (Wildman–Crippen MR) is 82.4 cm³/mol. The van der Waals surface area contributed by atoms with Gasteiger partial charge in [-0.05, 0) is 50.9 Å². The van der Waals surface area contributed by atoms with Crippen LogP contribution in [0.15, 0.2) is 30.3 Å². The first-order valence-corrected chi connectivity index (χ1v) is 6.96. The van der Waals surface area contributed by atoms with Crippen LogP contribution >= 0.6 is 12.4 Å². The van der Waals surface area contributed by atoms with E-state index >= 15 is 0 Å². The number of nitrogens with one attached hydrogen (secondary N) is 2. The van der Waals surface area contributed by atoms with Crippen molar-refractivity contribution in [1.82, 2.24) is 10.6 Å². The first-order chi connectivity index (χ1) is 9.25. The van der Waals surface area contributed by atoms with Crippen molar-refractivity contribution in [2.24, 2.45) is 5.92 Å². The molecule has 112 valence electrons. The van der Waals surface area contributed by atoms with E-state index in [0.717, 1.165) is 25.4 Å². The molecule has 1 fully saturated rings. The SMILES string of the molecule is CC(Oc1ccccc1)C(=O)NCC1CCCNC1.Cl. The Morgan fingerprint density at radius 2 is 2.20 bits per heavy atom. The third kappa shape index (κ3) is 5.39. The lowest BCUT2D eigenvalue weighted by molar-refractivity contribution is -0.127. The molecule has 2 atom stereocenters. The fourth-order valence-electron chi connectivity index (χ4n) is 2.24. The Bertz CT molecular complexity index is 394. The van der Waals surface area contributed by atoms with Gasteiger partial charge in [-0.25, -0.2) is 0 Å². The fraction of sp³-hybridized carbons (Fsp3) is 0.533. The highest BCUT2D eigenvalue weighted by molar-refractivity contribution is 5.85. The molecule has 2 rings (SSSR count). The maximum atomic E-state index is 11.9. The number of carbonyl (C=O) groups is 1. The van der Waals surface area contributed by atoms with Gasteiger partial charge >= 0.3 is 0 Å². The van der Waals surface area contributed by atoms with Crippen molar-refractivity contribution in [3.63, 3.8) is 0 Å². The summed E-state index contributed by atoms with van der Waals surface area (Å²) in [6.07, 6.45) is 1.91. The summed E-state index contributed by atoms with van der Waals surface area (Å²) in [6.45, 7) is 4.60. The van der Waals surface area contributed by atoms with Crippen molar-refractivity contribution in [3.05, 3.63) is 30.3 Å². The van der Waals surface area contributed by atoms with E-state index in [1.165, 1.54) is 12.8 Å². The lowest BCUT2D eigenvalue weighted by atomic mass is 10.00. The van der Waals surface area contributed by atoms with Crippen LogP contribution < -0.4 is 15.4 Å². The fourth-order valence-corrected chi connectivity index (χ4v) is 2.24. The van der Waals surface area contributed by atoms with Crippen molar-refractivity contribution < 1.29 is 9.53 Å². The quantitative estimate of drug-likeness (QED) is 0.874. The summed E-state index contributed by atoms with van der Waals surface area (Å²) in [7, 11) is 0. The zero-order chi connectivity index (χ0) is 13.5. The van der Waals surface area contributed by atoms with Gasteiger partial charge in [0.05, 0.1) is 0 Å². The molecule has 1 heterocycles. The lowest BCUT2D eigenvalue weighted by Crippen LogP contribution is -2.42. The number of halogens is 1. The minimum atomic E-state index is -0.459. The Morgan fingerprint density at radius 3 is 2.85 bits per heavy atom. The zero-order valence-electron chi connectivity index (χ0n) is 11.8. The van der Waals surface area contributed by atoms with Crippen LogP contribution in [-0.2, 0) is 4.79 Å². The molecule has 20 heavy (non-hydrogen) atoms. The lowest BCUT2D eigenvalue weighted by Gasteiger charge is -2.23. The number of hydrogen-bond donors (Lipinski definition) is 2. The number of hydrogen-bond acceptors (Lipinski definition) is 3. The topological polar surface area (TPSA) is 50.4 Å². The highest BCUT2D eigenvalue weighted by Gasteiger charge is 2.17. The van der Waals surface area contributed by atoms with Gasteiger partial charge in [0.15, 0.2) is 6.10 Å². The summed E-state index contributed by atoms with van der Waals surface area (Å²) in [4.78, 5) is 11.9. The number of ether oxygens (including phenoxy) is 1. The van der Waals surface area contributed by atoms with Crippen LogP contribution in [0.5, 0.6) is 5.75 Å². The molecule has 0 saturated carbocycles. The summed E-state index contributed by atoms with van der Waals surface area (Å²) in [6, 6.07) is 9.43. The number of para-hydroxylation sites is 1. The van der Waals surface area contributed by atoms with Crippen molar-refractivity contribution in [3.8, 4) is 5.75 Å². The highest BCUT2D eigenvalue weighted by atomic mass is 35.5.